The Balaban J connectivity index is 1.57. The standard InChI is InChI=1S/C18H20N5O6P/c1-27-30(26)29-12-7-14(28-13(12)8-24)23-10-21-15-16(19-9-20-17(15)23)22-18(25)11-5-3-2-4-6-11/h2-6,9-10,12-14,24,30H,7-8H2,1H3,(H,19,20,22,25)/t12-,13+,14+/m0/s1. The largest absolute Gasteiger partial charge is 0.394 e. The summed E-state index contributed by atoms with van der Waals surface area (Å²) in [5, 5.41) is 12.3. The van der Waals surface area contributed by atoms with E-state index in [0.29, 0.717) is 23.1 Å². The van der Waals surface area contributed by atoms with Crippen LogP contribution in [0.15, 0.2) is 43.0 Å². The lowest BCUT2D eigenvalue weighted by molar-refractivity contribution is -0.0397. The number of benzene rings is 1. The summed E-state index contributed by atoms with van der Waals surface area (Å²) in [5.74, 6) is -0.0534. The summed E-state index contributed by atoms with van der Waals surface area (Å²) in [7, 11) is -1.39. The molecule has 11 nitrogen and oxygen atoms in total. The fourth-order valence-corrected chi connectivity index (χ4v) is 3.85. The van der Waals surface area contributed by atoms with Gasteiger partial charge < -0.3 is 24.2 Å². The number of fused-ring (bicyclic) bond motifs is 1. The maximum atomic E-state index is 12.5. The van der Waals surface area contributed by atoms with Crippen molar-refractivity contribution in [1.29, 1.82) is 0 Å². The highest BCUT2D eigenvalue weighted by molar-refractivity contribution is 7.33. The molecule has 4 atom stereocenters. The first-order valence-corrected chi connectivity index (χ1v) is 10.4. The highest BCUT2D eigenvalue weighted by Crippen LogP contribution is 2.38. The molecule has 30 heavy (non-hydrogen) atoms. The number of nitrogens with one attached hydrogen (secondary N) is 1. The third kappa shape index (κ3) is 4.11. The van der Waals surface area contributed by atoms with Gasteiger partial charge in [0, 0.05) is 19.1 Å². The van der Waals surface area contributed by atoms with Gasteiger partial charge in [-0.15, -0.1) is 0 Å². The summed E-state index contributed by atoms with van der Waals surface area (Å²) >= 11 is 0. The molecule has 2 N–H and O–H groups in total. The minimum atomic E-state index is -2.67. The van der Waals surface area contributed by atoms with Crippen molar-refractivity contribution in [2.75, 3.05) is 19.0 Å². The molecule has 1 aromatic carbocycles. The predicted molar refractivity (Wildman–Crippen MR) is 106 cm³/mol. The second-order valence-electron chi connectivity index (χ2n) is 6.52. The zero-order valence-electron chi connectivity index (χ0n) is 16.0. The van der Waals surface area contributed by atoms with E-state index in [0.717, 1.165) is 0 Å². The van der Waals surface area contributed by atoms with E-state index in [4.69, 9.17) is 13.8 Å². The Morgan fingerprint density at radius 1 is 1.33 bits per heavy atom. The normalized spacial score (nSPS) is 22.3. The quantitative estimate of drug-likeness (QED) is 0.534. The maximum Gasteiger partial charge on any atom is 0.319 e. The molecule has 4 rings (SSSR count). The molecular weight excluding hydrogens is 413 g/mol. The van der Waals surface area contributed by atoms with Crippen molar-refractivity contribution in [1.82, 2.24) is 19.5 Å². The van der Waals surface area contributed by atoms with E-state index < -0.39 is 26.7 Å². The van der Waals surface area contributed by atoms with E-state index in [9.17, 15) is 14.5 Å². The van der Waals surface area contributed by atoms with E-state index in [1.165, 1.54) is 19.8 Å². The molecule has 1 saturated heterocycles. The fourth-order valence-electron chi connectivity index (χ4n) is 3.25. The summed E-state index contributed by atoms with van der Waals surface area (Å²) in [6, 6.07) is 8.75. The predicted octanol–water partition coefficient (Wildman–Crippen LogP) is 1.78. The van der Waals surface area contributed by atoms with E-state index in [-0.39, 0.29) is 18.3 Å². The molecule has 0 bridgehead atoms. The monoisotopic (exact) mass is 433 g/mol. The van der Waals surface area contributed by atoms with Crippen molar-refractivity contribution in [3.05, 3.63) is 48.5 Å². The second kappa shape index (κ2) is 8.99. The number of carbonyl (C=O) groups is 1. The van der Waals surface area contributed by atoms with E-state index >= 15 is 0 Å². The number of aliphatic hydroxyl groups is 1. The smallest absolute Gasteiger partial charge is 0.319 e. The van der Waals surface area contributed by atoms with Crippen LogP contribution in [0.5, 0.6) is 0 Å². The van der Waals surface area contributed by atoms with E-state index in [1.54, 1.807) is 28.8 Å². The summed E-state index contributed by atoms with van der Waals surface area (Å²) in [4.78, 5) is 25.2. The number of imidazole rings is 1. The Morgan fingerprint density at radius 2 is 2.13 bits per heavy atom. The third-order valence-corrected chi connectivity index (χ3v) is 5.54. The molecular formula is C18H20N5O6P. The first kappa shape index (κ1) is 20.6. The topological polar surface area (TPSA) is 138 Å². The number of hydrogen-bond donors (Lipinski definition) is 2. The average Bonchev–Trinajstić information content (AvgIpc) is 3.38. The molecule has 0 radical (unpaired) electrons. The minimum absolute atomic E-state index is 0.265. The van der Waals surface area contributed by atoms with Crippen molar-refractivity contribution in [2.45, 2.75) is 24.9 Å². The number of hydrogen-bond acceptors (Lipinski definition) is 9. The van der Waals surface area contributed by atoms with Gasteiger partial charge in [-0.05, 0) is 12.1 Å². The SMILES string of the molecule is CO[PH](=O)O[C@H]1C[C@H](n2cnc3c(NC(=O)c4ccccc4)ncnc32)O[C@@H]1CO. The molecule has 158 valence electrons. The van der Waals surface area contributed by atoms with Crippen LogP contribution in [0.25, 0.3) is 11.2 Å². The van der Waals surface area contributed by atoms with Crippen LogP contribution in [0, 0.1) is 0 Å². The maximum absolute atomic E-state index is 12.5. The first-order chi connectivity index (χ1) is 14.6. The van der Waals surface area contributed by atoms with Gasteiger partial charge in [0.1, 0.15) is 18.7 Å². The first-order valence-electron chi connectivity index (χ1n) is 9.15. The summed E-state index contributed by atoms with van der Waals surface area (Å²) in [5.41, 5.74) is 1.32. The number of rotatable bonds is 7. The number of ether oxygens (including phenoxy) is 1. The number of amides is 1. The number of anilines is 1. The minimum Gasteiger partial charge on any atom is -0.394 e. The Labute approximate surface area is 172 Å². The van der Waals surface area contributed by atoms with Crippen LogP contribution in [-0.4, -0.2) is 56.5 Å². The van der Waals surface area contributed by atoms with Crippen molar-refractivity contribution in [3.8, 4) is 0 Å². The average molecular weight is 433 g/mol. The van der Waals surface area contributed by atoms with Crippen LogP contribution in [0.2, 0.25) is 0 Å². The lowest BCUT2D eigenvalue weighted by atomic mass is 10.2. The number of carbonyl (C=O) groups excluding carboxylic acids is 1. The number of nitrogens with zero attached hydrogens (tertiary/aromatic N) is 4. The highest BCUT2D eigenvalue weighted by Gasteiger charge is 2.38. The van der Waals surface area contributed by atoms with Crippen LogP contribution >= 0.6 is 8.25 Å². The van der Waals surface area contributed by atoms with Gasteiger partial charge in [-0.2, -0.15) is 0 Å². The van der Waals surface area contributed by atoms with Gasteiger partial charge in [-0.1, -0.05) is 18.2 Å². The van der Waals surface area contributed by atoms with Gasteiger partial charge in [0.15, 0.2) is 17.0 Å². The van der Waals surface area contributed by atoms with Crippen LogP contribution in [0.1, 0.15) is 23.0 Å². The van der Waals surface area contributed by atoms with Gasteiger partial charge in [0.25, 0.3) is 5.91 Å². The van der Waals surface area contributed by atoms with Gasteiger partial charge in [0.05, 0.1) is 19.0 Å². The Bertz CT molecular complexity index is 1060. The molecule has 0 saturated carbocycles. The Kier molecular flexibility index (Phi) is 6.16. The number of aliphatic hydroxyl groups excluding tert-OH is 1. The molecule has 1 aliphatic rings. The van der Waals surface area contributed by atoms with Crippen molar-refractivity contribution in [2.24, 2.45) is 0 Å². The van der Waals surface area contributed by atoms with Crippen LogP contribution in [0.3, 0.4) is 0 Å². The lowest BCUT2D eigenvalue weighted by Crippen LogP contribution is -2.26. The molecule has 12 heteroatoms. The molecule has 1 unspecified atom stereocenters. The fraction of sp³-hybridized carbons (Fsp3) is 0.333. The summed E-state index contributed by atoms with van der Waals surface area (Å²) < 4.78 is 29.2. The summed E-state index contributed by atoms with van der Waals surface area (Å²) in [6.45, 7) is -0.306. The van der Waals surface area contributed by atoms with Crippen molar-refractivity contribution >= 4 is 31.1 Å². The molecule has 3 aromatic rings. The van der Waals surface area contributed by atoms with Gasteiger partial charge >= 0.3 is 8.25 Å². The van der Waals surface area contributed by atoms with E-state index in [2.05, 4.69) is 20.3 Å². The number of aromatic nitrogens is 4. The molecule has 1 aliphatic heterocycles. The van der Waals surface area contributed by atoms with Crippen molar-refractivity contribution in [3.63, 3.8) is 0 Å². The zero-order valence-corrected chi connectivity index (χ0v) is 17.0. The molecule has 1 amide bonds. The van der Waals surface area contributed by atoms with Crippen LogP contribution in [-0.2, 0) is 18.3 Å². The second-order valence-corrected chi connectivity index (χ2v) is 7.67. The molecule has 0 aliphatic carbocycles. The Morgan fingerprint density at radius 3 is 2.87 bits per heavy atom. The van der Waals surface area contributed by atoms with Gasteiger partial charge in [0.2, 0.25) is 0 Å². The van der Waals surface area contributed by atoms with Gasteiger partial charge in [-0.3, -0.25) is 13.9 Å². The zero-order chi connectivity index (χ0) is 21.1. The molecule has 0 spiro atoms. The van der Waals surface area contributed by atoms with Crippen LogP contribution in [0.4, 0.5) is 5.82 Å². The Hall–Kier alpha value is -2.69. The highest BCUT2D eigenvalue weighted by atomic mass is 31.1. The van der Waals surface area contributed by atoms with Crippen molar-refractivity contribution < 1.29 is 28.3 Å². The molecule has 3 heterocycles. The van der Waals surface area contributed by atoms with Crippen LogP contribution < -0.4 is 5.32 Å². The van der Waals surface area contributed by atoms with Gasteiger partial charge in [-0.25, -0.2) is 15.0 Å². The lowest BCUT2D eigenvalue weighted by Gasteiger charge is -2.15. The molecule has 1 fully saturated rings. The third-order valence-electron chi connectivity index (χ3n) is 4.71. The van der Waals surface area contributed by atoms with E-state index in [1.807, 2.05) is 6.07 Å². The molecule has 2 aromatic heterocycles. The summed E-state index contributed by atoms with van der Waals surface area (Å²) in [6.07, 6.45) is 1.30.